The fourth-order valence-corrected chi connectivity index (χ4v) is 3.76. The van der Waals surface area contributed by atoms with Crippen molar-refractivity contribution in [3.8, 4) is 0 Å². The molecule has 0 aromatic carbocycles. The van der Waals surface area contributed by atoms with Gasteiger partial charge in [0.05, 0.1) is 11.8 Å². The molecule has 6 nitrogen and oxygen atoms in total. The summed E-state index contributed by atoms with van der Waals surface area (Å²) in [5.74, 6) is 0. The van der Waals surface area contributed by atoms with Crippen LogP contribution in [0.15, 0.2) is 0 Å². The molecule has 0 aliphatic carbocycles. The molecule has 7 heteroatoms. The van der Waals surface area contributed by atoms with Crippen LogP contribution in [0.2, 0.25) is 0 Å². The lowest BCUT2D eigenvalue weighted by Gasteiger charge is -2.36. The van der Waals surface area contributed by atoms with E-state index in [1.165, 1.54) is 17.7 Å². The summed E-state index contributed by atoms with van der Waals surface area (Å²) in [5.41, 5.74) is 3.78. The van der Waals surface area contributed by atoms with Crippen molar-refractivity contribution in [2.24, 2.45) is 7.05 Å². The lowest BCUT2D eigenvalue weighted by molar-refractivity contribution is 0.112. The third-order valence-corrected chi connectivity index (χ3v) is 5.61. The summed E-state index contributed by atoms with van der Waals surface area (Å²) in [6, 6.07) is 0. The number of aromatic nitrogens is 2. The zero-order chi connectivity index (χ0) is 17.1. The number of thiocarbonyl (C=S) groups is 1. The second-order valence-electron chi connectivity index (χ2n) is 6.86. The molecule has 0 amide bonds. The maximum absolute atomic E-state index is 5.64. The molecule has 24 heavy (non-hydrogen) atoms. The molecule has 1 atom stereocenters. The maximum Gasteiger partial charge on any atom is 0.169 e. The molecule has 1 N–H and O–H groups in total. The Balaban J connectivity index is 1.44. The van der Waals surface area contributed by atoms with Gasteiger partial charge < -0.3 is 15.0 Å². The smallest absolute Gasteiger partial charge is 0.169 e. The van der Waals surface area contributed by atoms with E-state index >= 15 is 0 Å². The van der Waals surface area contributed by atoms with E-state index in [1.54, 1.807) is 0 Å². The predicted molar refractivity (Wildman–Crippen MR) is 99.1 cm³/mol. The number of piperazine rings is 1. The third kappa shape index (κ3) is 4.07. The molecular formula is C17H29N5OS. The van der Waals surface area contributed by atoms with Gasteiger partial charge in [-0.1, -0.05) is 0 Å². The maximum atomic E-state index is 5.64. The fourth-order valence-electron chi connectivity index (χ4n) is 3.50. The second-order valence-corrected chi connectivity index (χ2v) is 7.24. The van der Waals surface area contributed by atoms with Gasteiger partial charge in [0.1, 0.15) is 0 Å². The van der Waals surface area contributed by atoms with Gasteiger partial charge in [0.2, 0.25) is 0 Å². The predicted octanol–water partition coefficient (Wildman–Crippen LogP) is 1.21. The van der Waals surface area contributed by atoms with Crippen molar-refractivity contribution in [1.82, 2.24) is 24.9 Å². The molecule has 2 aliphatic rings. The Labute approximate surface area is 150 Å². The highest BCUT2D eigenvalue weighted by molar-refractivity contribution is 7.80. The Bertz CT molecular complexity index is 574. The van der Waals surface area contributed by atoms with E-state index in [0.717, 1.165) is 63.1 Å². The quantitative estimate of drug-likeness (QED) is 0.823. The lowest BCUT2D eigenvalue weighted by atomic mass is 10.1. The van der Waals surface area contributed by atoms with Crippen LogP contribution in [0.25, 0.3) is 0 Å². The van der Waals surface area contributed by atoms with Gasteiger partial charge in [-0.3, -0.25) is 9.58 Å². The van der Waals surface area contributed by atoms with E-state index in [0.29, 0.717) is 6.10 Å². The van der Waals surface area contributed by atoms with Crippen LogP contribution in [0.4, 0.5) is 0 Å². The number of nitrogens with one attached hydrogen (secondary N) is 1. The molecule has 134 valence electrons. The van der Waals surface area contributed by atoms with Crippen LogP contribution in [0.1, 0.15) is 29.8 Å². The number of ether oxygens (including phenoxy) is 1. The van der Waals surface area contributed by atoms with Crippen LogP contribution in [-0.2, 0) is 18.3 Å². The Morgan fingerprint density at radius 2 is 2.04 bits per heavy atom. The van der Waals surface area contributed by atoms with Crippen molar-refractivity contribution in [2.75, 3.05) is 39.3 Å². The van der Waals surface area contributed by atoms with Crippen LogP contribution in [0.5, 0.6) is 0 Å². The van der Waals surface area contributed by atoms with Gasteiger partial charge >= 0.3 is 0 Å². The van der Waals surface area contributed by atoms with Crippen LogP contribution in [-0.4, -0.2) is 70.1 Å². The Morgan fingerprint density at radius 3 is 2.62 bits per heavy atom. The molecule has 0 spiro atoms. The summed E-state index contributed by atoms with van der Waals surface area (Å²) in [4.78, 5) is 4.78. The summed E-state index contributed by atoms with van der Waals surface area (Å²) in [5, 5.41) is 8.77. The summed E-state index contributed by atoms with van der Waals surface area (Å²) in [7, 11) is 2.02. The summed E-state index contributed by atoms with van der Waals surface area (Å²) in [6.07, 6.45) is 2.65. The highest BCUT2D eigenvalue weighted by Crippen LogP contribution is 2.16. The highest BCUT2D eigenvalue weighted by Gasteiger charge is 2.22. The van der Waals surface area contributed by atoms with E-state index in [4.69, 9.17) is 17.0 Å². The SMILES string of the molecule is Cc1nn(C)c(C)c1CN1CCN(C(=S)NC[C@H]2CCCO2)CC1. The number of aryl methyl sites for hydroxylation is 2. The van der Waals surface area contributed by atoms with Gasteiger partial charge in [-0.2, -0.15) is 5.10 Å². The van der Waals surface area contributed by atoms with Crippen LogP contribution < -0.4 is 5.32 Å². The van der Waals surface area contributed by atoms with Crippen LogP contribution >= 0.6 is 12.2 Å². The van der Waals surface area contributed by atoms with Gasteiger partial charge in [0.25, 0.3) is 0 Å². The largest absolute Gasteiger partial charge is 0.376 e. The molecule has 0 unspecified atom stereocenters. The van der Waals surface area contributed by atoms with Crippen molar-refractivity contribution in [2.45, 2.75) is 39.3 Å². The van der Waals surface area contributed by atoms with Gasteiger partial charge in [-0.15, -0.1) is 0 Å². The zero-order valence-corrected chi connectivity index (χ0v) is 15.9. The molecule has 3 heterocycles. The molecule has 0 radical (unpaired) electrons. The highest BCUT2D eigenvalue weighted by atomic mass is 32.1. The molecule has 0 bridgehead atoms. The van der Waals surface area contributed by atoms with E-state index in [2.05, 4.69) is 34.1 Å². The molecule has 1 aromatic heterocycles. The number of nitrogens with zero attached hydrogens (tertiary/aromatic N) is 4. The molecule has 2 aliphatic heterocycles. The van der Waals surface area contributed by atoms with Crippen LogP contribution in [0, 0.1) is 13.8 Å². The summed E-state index contributed by atoms with van der Waals surface area (Å²) < 4.78 is 7.62. The third-order valence-electron chi connectivity index (χ3n) is 5.21. The molecule has 0 saturated carbocycles. The monoisotopic (exact) mass is 351 g/mol. The first-order chi connectivity index (χ1) is 11.5. The van der Waals surface area contributed by atoms with Crippen LogP contribution in [0.3, 0.4) is 0 Å². The average molecular weight is 352 g/mol. The Morgan fingerprint density at radius 1 is 1.29 bits per heavy atom. The first-order valence-electron chi connectivity index (χ1n) is 8.90. The molecule has 2 fully saturated rings. The average Bonchev–Trinajstić information content (AvgIpc) is 3.18. The van der Waals surface area contributed by atoms with Gasteiger partial charge in [0, 0.05) is 64.2 Å². The fraction of sp³-hybridized carbons (Fsp3) is 0.765. The van der Waals surface area contributed by atoms with E-state index in [9.17, 15) is 0 Å². The second kappa shape index (κ2) is 7.80. The standard InChI is InChI=1S/C17H29N5OS/c1-13-16(14(2)20(3)19-13)12-21-6-8-22(9-7-21)17(24)18-11-15-5-4-10-23-15/h15H,4-12H2,1-3H3,(H,18,24)/t15-/m1/s1. The van der Waals surface area contributed by atoms with Crippen molar-refractivity contribution >= 4 is 17.3 Å². The molecule has 1 aromatic rings. The zero-order valence-electron chi connectivity index (χ0n) is 15.0. The van der Waals surface area contributed by atoms with Crippen molar-refractivity contribution in [3.05, 3.63) is 17.0 Å². The van der Waals surface area contributed by atoms with E-state index in [1.807, 2.05) is 11.7 Å². The van der Waals surface area contributed by atoms with E-state index < -0.39 is 0 Å². The van der Waals surface area contributed by atoms with Crippen molar-refractivity contribution in [3.63, 3.8) is 0 Å². The number of hydrogen-bond acceptors (Lipinski definition) is 4. The van der Waals surface area contributed by atoms with Gasteiger partial charge in [-0.05, 0) is 38.9 Å². The normalized spacial score (nSPS) is 22.1. The summed E-state index contributed by atoms with van der Waals surface area (Å²) in [6.45, 7) is 11.0. The molecular weight excluding hydrogens is 322 g/mol. The molecule has 2 saturated heterocycles. The first-order valence-corrected chi connectivity index (χ1v) is 9.31. The van der Waals surface area contributed by atoms with Crippen molar-refractivity contribution < 1.29 is 4.74 Å². The summed E-state index contributed by atoms with van der Waals surface area (Å²) >= 11 is 5.55. The minimum atomic E-state index is 0.334. The van der Waals surface area contributed by atoms with Gasteiger partial charge in [0.15, 0.2) is 5.11 Å². The lowest BCUT2D eigenvalue weighted by Crippen LogP contribution is -2.52. The Kier molecular flexibility index (Phi) is 5.73. The molecule has 3 rings (SSSR count). The van der Waals surface area contributed by atoms with Gasteiger partial charge in [-0.25, -0.2) is 0 Å². The van der Waals surface area contributed by atoms with E-state index in [-0.39, 0.29) is 0 Å². The minimum absolute atomic E-state index is 0.334. The number of hydrogen-bond donors (Lipinski definition) is 1. The Hall–Kier alpha value is -1.18. The van der Waals surface area contributed by atoms with Crippen molar-refractivity contribution in [1.29, 1.82) is 0 Å². The number of rotatable bonds is 4. The topological polar surface area (TPSA) is 45.6 Å². The minimum Gasteiger partial charge on any atom is -0.376 e. The first kappa shape index (κ1) is 17.6.